The summed E-state index contributed by atoms with van der Waals surface area (Å²) in [5.41, 5.74) is 11.8. The van der Waals surface area contributed by atoms with E-state index in [0.717, 1.165) is 16.7 Å². The number of carbonyl (C=O) groups excluding carboxylic acids is 18. The Bertz CT molecular complexity index is 4870. The fourth-order valence-electron chi connectivity index (χ4n) is 15.6. The van der Waals surface area contributed by atoms with Gasteiger partial charge in [-0.05, 0) is 138 Å². The molecule has 50 nitrogen and oxygen atoms in total. The van der Waals surface area contributed by atoms with Crippen LogP contribution in [0, 0.1) is 29.6 Å². The number of nitrogens with zero attached hydrogens (tertiary/aromatic N) is 2. The van der Waals surface area contributed by atoms with Crippen LogP contribution in [0.1, 0.15) is 210 Å². The Hall–Kier alpha value is -14.5. The molecule has 0 bridgehead atoms. The molecular weight excluding hydrogens is 1880 g/mol. The third-order valence-corrected chi connectivity index (χ3v) is 23.3. The smallest absolute Gasteiger partial charge is 0.326 e. The standard InChI is InChI=1S/C93H139N19O31/c1-14-48(10)75(92(141)112-33-19-22-67(112)89(138)97-50(12)77(126)102-63(41-72(119)120)85(134)107-65(43-74(123)124)87(136)105-61(38-52-20-16-15-17-21-52)84(133)99-56(28-30-69(95)114)80(129)109-66(93(142)143)37-47(8)9)110-88(137)62(39-53-24-26-54(113)27-25-53)108-90(139)68-23-18-32-111(68)91(140)51(13)98-81(130)58(34-44(2)3)101-76(125)49(11)96-79(128)57(29-31-70(115)116)100-82(131)60(36-46(6)7)104-86(135)64(42-73(121)122)106-83(132)59(35-45(4)5)103-78(127)55(94)40-71(117)118/h15-17,20-21,24-27,44-51,55-68,75,113H,14,18-19,22-23,28-43,94H2,1-13H3,(H2,95,114)(H,96,128)(H,97,138)(H,98,130)(H,99,133)(H,100,131)(H,101,125)(H,102,126)(H,103,127)(H,104,135)(H,105,136)(H,106,132)(H,107,134)(H,108,139)(H,109,129)(H,110,137)(H,115,116)(H,117,118)(H,119,120)(H,121,122)(H,123,124)(H,142,143)/t48-,49-,50-,51-,55-,56-,57-,58-,59-,60-,61-,62-,63-,64-,65-,66-,67-,68-,75-/m0/s1. The van der Waals surface area contributed by atoms with Crippen molar-refractivity contribution in [1.82, 2.24) is 89.6 Å². The number of primary amides is 1. The van der Waals surface area contributed by atoms with Crippen LogP contribution in [0.25, 0.3) is 0 Å². The largest absolute Gasteiger partial charge is 0.508 e. The van der Waals surface area contributed by atoms with Crippen molar-refractivity contribution < 1.29 is 151 Å². The number of rotatable bonds is 61. The van der Waals surface area contributed by atoms with Crippen LogP contribution in [-0.4, -0.2) is 310 Å². The molecule has 26 N–H and O–H groups in total. The van der Waals surface area contributed by atoms with E-state index in [2.05, 4.69) is 79.8 Å². The van der Waals surface area contributed by atoms with Crippen molar-refractivity contribution in [2.75, 3.05) is 13.1 Å². The average molecular weight is 2020 g/mol. The SMILES string of the molecule is CC[C@H](C)[C@H](NC(=O)[C@H](Cc1ccc(O)cc1)NC(=O)[C@@H]1CCCN1C(=O)[C@H](C)NC(=O)[C@H](CC(C)C)NC(=O)[C@H](C)NC(=O)[C@H](CCC(=O)O)NC(=O)[C@H](CC(C)C)NC(=O)[C@H](CC(=O)O)NC(=O)[C@H](CC(C)C)NC(=O)[C@@H](N)CC(=O)O)C(=O)N1CCC[C@H]1C(=O)N[C@@H](C)C(=O)N[C@@H](CC(=O)O)C(=O)N[C@@H](CC(=O)O)C(=O)N[C@@H](Cc1ccccc1)C(=O)N[C@@H](CCC(N)=O)C(=O)N[C@@H](CC(C)C)C(=O)O. The minimum atomic E-state index is -2.14. The number of phenolic OH excluding ortho intramolecular Hbond substituents is 1. The van der Waals surface area contributed by atoms with Crippen LogP contribution in [-0.2, 0) is 128 Å². The summed E-state index contributed by atoms with van der Waals surface area (Å²) in [6.07, 6.45) is -7.11. The van der Waals surface area contributed by atoms with Gasteiger partial charge in [0.25, 0.3) is 0 Å². The minimum Gasteiger partial charge on any atom is -0.508 e. The van der Waals surface area contributed by atoms with Crippen LogP contribution in [0.5, 0.6) is 5.75 Å². The molecule has 0 aromatic heterocycles. The van der Waals surface area contributed by atoms with E-state index in [4.69, 9.17) is 16.6 Å². The summed E-state index contributed by atoms with van der Waals surface area (Å²) in [5.74, 6) is -30.5. The number of hydrogen-bond donors (Lipinski definition) is 24. The molecule has 0 aliphatic carbocycles. The van der Waals surface area contributed by atoms with Gasteiger partial charge in [-0.3, -0.25) is 110 Å². The van der Waals surface area contributed by atoms with Gasteiger partial charge in [0.2, 0.25) is 106 Å². The molecule has 0 radical (unpaired) electrons. The van der Waals surface area contributed by atoms with Gasteiger partial charge in [0, 0.05) is 38.8 Å². The van der Waals surface area contributed by atoms with Gasteiger partial charge >= 0.3 is 35.8 Å². The molecule has 2 aromatic carbocycles. The highest BCUT2D eigenvalue weighted by Crippen LogP contribution is 2.25. The first-order valence-corrected chi connectivity index (χ1v) is 47.2. The maximum atomic E-state index is 15.0. The number of carboxylic acid groups (broad SMARTS) is 6. The molecule has 143 heavy (non-hydrogen) atoms. The zero-order chi connectivity index (χ0) is 108. The molecule has 18 amide bonds. The zero-order valence-corrected chi connectivity index (χ0v) is 82.3. The quantitative estimate of drug-likeness (QED) is 0.0302. The first-order chi connectivity index (χ1) is 66.9. The van der Waals surface area contributed by atoms with Gasteiger partial charge in [0.05, 0.1) is 31.7 Å². The van der Waals surface area contributed by atoms with Crippen LogP contribution < -0.4 is 91.2 Å². The van der Waals surface area contributed by atoms with Gasteiger partial charge in [-0.2, -0.15) is 0 Å². The fraction of sp³-hybridized carbons (Fsp3) is 0.613. The minimum absolute atomic E-state index is 0.0197. The normalized spacial score (nSPS) is 16.9. The van der Waals surface area contributed by atoms with E-state index in [-0.39, 0.29) is 107 Å². The topological polar surface area (TPSA) is 790 Å². The average Bonchev–Trinajstić information content (AvgIpc) is 1.69. The molecule has 2 aromatic rings. The van der Waals surface area contributed by atoms with Gasteiger partial charge in [-0.25, -0.2) is 4.79 Å². The van der Waals surface area contributed by atoms with E-state index in [1.165, 1.54) is 50.2 Å². The number of aromatic hydroxyl groups is 1. The summed E-state index contributed by atoms with van der Waals surface area (Å²) in [7, 11) is 0. The fourth-order valence-corrected chi connectivity index (χ4v) is 15.6. The van der Waals surface area contributed by atoms with E-state index < -0.39 is 314 Å². The molecule has 19 atom stereocenters. The Kier molecular flexibility index (Phi) is 49.5. The van der Waals surface area contributed by atoms with Crippen molar-refractivity contribution >= 4 is 142 Å². The van der Waals surface area contributed by atoms with Crippen LogP contribution in [0.4, 0.5) is 0 Å². The number of carboxylic acids is 6. The third-order valence-electron chi connectivity index (χ3n) is 23.3. The number of amides is 18. The molecule has 0 unspecified atom stereocenters. The molecule has 50 heteroatoms. The van der Waals surface area contributed by atoms with E-state index in [1.54, 1.807) is 87.4 Å². The zero-order valence-electron chi connectivity index (χ0n) is 82.3. The molecule has 2 heterocycles. The van der Waals surface area contributed by atoms with E-state index in [0.29, 0.717) is 11.1 Å². The molecule has 2 aliphatic rings. The highest BCUT2D eigenvalue weighted by molar-refractivity contribution is 6.03. The van der Waals surface area contributed by atoms with Crippen LogP contribution in [0.2, 0.25) is 0 Å². The molecule has 0 spiro atoms. The summed E-state index contributed by atoms with van der Waals surface area (Å²) in [4.78, 5) is 327. The van der Waals surface area contributed by atoms with Crippen molar-refractivity contribution in [3.63, 3.8) is 0 Å². The van der Waals surface area contributed by atoms with Crippen molar-refractivity contribution in [1.29, 1.82) is 0 Å². The summed E-state index contributed by atoms with van der Waals surface area (Å²) in [5, 5.41) is 105. The van der Waals surface area contributed by atoms with Gasteiger partial charge in [0.15, 0.2) is 0 Å². The number of benzene rings is 2. The lowest BCUT2D eigenvalue weighted by atomic mass is 9.96. The second-order valence-electron chi connectivity index (χ2n) is 37.5. The highest BCUT2D eigenvalue weighted by atomic mass is 16.4. The van der Waals surface area contributed by atoms with Crippen molar-refractivity contribution in [3.05, 3.63) is 65.7 Å². The number of aliphatic carboxylic acids is 6. The summed E-state index contributed by atoms with van der Waals surface area (Å²) >= 11 is 0. The number of hydrogen-bond acceptors (Lipinski definition) is 26. The lowest BCUT2D eigenvalue weighted by molar-refractivity contribution is -0.144. The maximum Gasteiger partial charge on any atom is 0.326 e. The van der Waals surface area contributed by atoms with Crippen LogP contribution >= 0.6 is 0 Å². The monoisotopic (exact) mass is 2020 g/mol. The first-order valence-electron chi connectivity index (χ1n) is 47.2. The molecule has 4 rings (SSSR count). The number of likely N-dealkylation sites (tertiary alicyclic amines) is 2. The Morgan fingerprint density at radius 1 is 0.336 bits per heavy atom. The Morgan fingerprint density at radius 2 is 0.657 bits per heavy atom. The maximum absolute atomic E-state index is 15.0. The molecule has 2 aliphatic heterocycles. The van der Waals surface area contributed by atoms with Crippen molar-refractivity contribution in [3.8, 4) is 5.75 Å². The lowest BCUT2D eigenvalue weighted by Crippen LogP contribution is -2.61. The molecule has 792 valence electrons. The summed E-state index contributed by atoms with van der Waals surface area (Å²) in [6.45, 7) is 20.1. The molecule has 2 saturated heterocycles. The first kappa shape index (κ1) is 121. The van der Waals surface area contributed by atoms with E-state index >= 15 is 4.79 Å². The molecular formula is C93H139N19O31. The summed E-state index contributed by atoms with van der Waals surface area (Å²) in [6, 6.07) is -15.9. The van der Waals surface area contributed by atoms with Crippen molar-refractivity contribution in [2.45, 2.75) is 321 Å². The van der Waals surface area contributed by atoms with Crippen molar-refractivity contribution in [2.24, 2.45) is 41.1 Å². The van der Waals surface area contributed by atoms with Crippen LogP contribution in [0.3, 0.4) is 0 Å². The Labute approximate surface area is 825 Å². The predicted molar refractivity (Wildman–Crippen MR) is 505 cm³/mol. The van der Waals surface area contributed by atoms with Gasteiger partial charge in [0.1, 0.15) is 108 Å². The number of nitrogens with one attached hydrogen (secondary N) is 15. The van der Waals surface area contributed by atoms with Gasteiger partial charge in [-0.1, -0.05) is 118 Å². The molecule has 0 saturated carbocycles. The number of carbonyl (C=O) groups is 24. The second kappa shape index (κ2) is 58.6. The second-order valence-corrected chi connectivity index (χ2v) is 37.5. The predicted octanol–water partition coefficient (Wildman–Crippen LogP) is -3.84. The Morgan fingerprint density at radius 3 is 1.08 bits per heavy atom. The summed E-state index contributed by atoms with van der Waals surface area (Å²) < 4.78 is 0. The third kappa shape index (κ3) is 41.7. The molecule has 2 fully saturated rings. The lowest BCUT2D eigenvalue weighted by Gasteiger charge is -2.33. The van der Waals surface area contributed by atoms with E-state index in [1.807, 2.05) is 0 Å². The number of nitrogens with two attached hydrogens (primary N) is 2. The van der Waals surface area contributed by atoms with Gasteiger partial charge in [-0.15, -0.1) is 0 Å². The highest BCUT2D eigenvalue weighted by Gasteiger charge is 2.45. The van der Waals surface area contributed by atoms with Crippen LogP contribution in [0.15, 0.2) is 54.6 Å². The van der Waals surface area contributed by atoms with Gasteiger partial charge < -0.3 is 137 Å². The number of phenols is 1. The Balaban J connectivity index is 1.52. The van der Waals surface area contributed by atoms with E-state index in [9.17, 15) is 141 Å².